The molecule has 0 atom stereocenters. The third-order valence-corrected chi connectivity index (χ3v) is 5.61. The van der Waals surface area contributed by atoms with E-state index in [0.29, 0.717) is 22.2 Å². The first-order chi connectivity index (χ1) is 12.7. The molecule has 0 bridgehead atoms. The van der Waals surface area contributed by atoms with Crippen LogP contribution >= 0.6 is 11.6 Å². The van der Waals surface area contributed by atoms with E-state index in [1.54, 1.807) is 24.3 Å². The van der Waals surface area contributed by atoms with Gasteiger partial charge in [0.15, 0.2) is 11.5 Å². The van der Waals surface area contributed by atoms with Crippen molar-refractivity contribution in [3.63, 3.8) is 0 Å². The van der Waals surface area contributed by atoms with Crippen molar-refractivity contribution >= 4 is 33.2 Å². The van der Waals surface area contributed by atoms with Crippen LogP contribution in [0.15, 0.2) is 36.4 Å². The summed E-state index contributed by atoms with van der Waals surface area (Å²) < 4.78 is 35.8. The van der Waals surface area contributed by atoms with Gasteiger partial charge in [-0.1, -0.05) is 23.7 Å². The number of nitrogens with one attached hydrogen (secondary N) is 1. The van der Waals surface area contributed by atoms with Crippen LogP contribution in [-0.2, 0) is 21.4 Å². The van der Waals surface area contributed by atoms with Gasteiger partial charge in [0.05, 0.1) is 11.9 Å². The molecule has 0 aliphatic carbocycles. The number of aryl methyl sites for hydroxylation is 1. The Morgan fingerprint density at radius 2 is 1.93 bits per heavy atom. The average molecular weight is 411 g/mol. The van der Waals surface area contributed by atoms with Gasteiger partial charge in [0, 0.05) is 11.6 Å². The lowest BCUT2D eigenvalue weighted by Crippen LogP contribution is -2.40. The standard InChI is InChI=1S/C18H19ClN2O5S/c1-12-3-5-14(8-15(12)19)21(27(2,23)24)10-18(22)20-9-13-4-6-16-17(7-13)26-11-25-16/h3-8H,9-11H2,1-2H3,(H,20,22). The van der Waals surface area contributed by atoms with Gasteiger partial charge in [-0.05, 0) is 42.3 Å². The monoisotopic (exact) mass is 410 g/mol. The van der Waals surface area contributed by atoms with Crippen molar-refractivity contribution in [1.82, 2.24) is 5.32 Å². The molecule has 1 aliphatic heterocycles. The van der Waals surface area contributed by atoms with E-state index in [-0.39, 0.29) is 19.9 Å². The first kappa shape index (κ1) is 19.3. The minimum absolute atomic E-state index is 0.174. The van der Waals surface area contributed by atoms with Crippen LogP contribution in [0.4, 0.5) is 5.69 Å². The highest BCUT2D eigenvalue weighted by molar-refractivity contribution is 7.92. The predicted octanol–water partition coefficient (Wildman–Crippen LogP) is 2.46. The average Bonchev–Trinajstić information content (AvgIpc) is 3.07. The van der Waals surface area contributed by atoms with Gasteiger partial charge in [-0.3, -0.25) is 9.10 Å². The predicted molar refractivity (Wildman–Crippen MR) is 103 cm³/mol. The fourth-order valence-corrected chi connectivity index (χ4v) is 3.60. The Hall–Kier alpha value is -2.45. The molecule has 1 amide bonds. The molecule has 144 valence electrons. The Labute approximate surface area is 162 Å². The first-order valence-electron chi connectivity index (χ1n) is 8.13. The smallest absolute Gasteiger partial charge is 0.241 e. The van der Waals surface area contributed by atoms with Crippen molar-refractivity contribution < 1.29 is 22.7 Å². The minimum Gasteiger partial charge on any atom is -0.454 e. The molecule has 9 heteroatoms. The van der Waals surface area contributed by atoms with Crippen molar-refractivity contribution in [1.29, 1.82) is 0 Å². The number of carbonyl (C=O) groups is 1. The molecule has 2 aromatic rings. The van der Waals surface area contributed by atoms with Crippen molar-refractivity contribution in [2.24, 2.45) is 0 Å². The van der Waals surface area contributed by atoms with Crippen LogP contribution in [0.25, 0.3) is 0 Å². The number of anilines is 1. The number of halogens is 1. The summed E-state index contributed by atoms with van der Waals surface area (Å²) in [5, 5.41) is 3.15. The van der Waals surface area contributed by atoms with Gasteiger partial charge in [0.25, 0.3) is 0 Å². The summed E-state index contributed by atoms with van der Waals surface area (Å²) in [6, 6.07) is 10.2. The molecular formula is C18H19ClN2O5S. The van der Waals surface area contributed by atoms with Crippen molar-refractivity contribution in [2.75, 3.05) is 23.9 Å². The largest absolute Gasteiger partial charge is 0.454 e. The maximum absolute atomic E-state index is 12.3. The number of ether oxygens (including phenoxy) is 2. The lowest BCUT2D eigenvalue weighted by atomic mass is 10.2. The second-order valence-electron chi connectivity index (χ2n) is 6.17. The highest BCUT2D eigenvalue weighted by Crippen LogP contribution is 2.32. The maximum atomic E-state index is 12.3. The molecule has 0 aromatic heterocycles. The zero-order valence-corrected chi connectivity index (χ0v) is 16.4. The first-order valence-corrected chi connectivity index (χ1v) is 10.4. The van der Waals surface area contributed by atoms with Gasteiger partial charge < -0.3 is 14.8 Å². The van der Waals surface area contributed by atoms with Gasteiger partial charge in [-0.25, -0.2) is 8.42 Å². The molecule has 0 radical (unpaired) electrons. The second-order valence-corrected chi connectivity index (χ2v) is 8.48. The summed E-state index contributed by atoms with van der Waals surface area (Å²) in [5.41, 5.74) is 1.98. The van der Waals surface area contributed by atoms with E-state index < -0.39 is 15.9 Å². The summed E-state index contributed by atoms with van der Waals surface area (Å²) in [5.74, 6) is 0.841. The number of amides is 1. The Morgan fingerprint density at radius 1 is 1.19 bits per heavy atom. The SMILES string of the molecule is Cc1ccc(N(CC(=O)NCc2ccc3c(c2)OCO3)S(C)(=O)=O)cc1Cl. The number of sulfonamides is 1. The van der Waals surface area contributed by atoms with E-state index in [1.807, 2.05) is 13.0 Å². The molecule has 1 aliphatic rings. The molecule has 1 heterocycles. The zero-order chi connectivity index (χ0) is 19.6. The van der Waals surface area contributed by atoms with Crippen LogP contribution < -0.4 is 19.1 Å². The fraction of sp³-hybridized carbons (Fsp3) is 0.278. The lowest BCUT2D eigenvalue weighted by Gasteiger charge is -2.22. The van der Waals surface area contributed by atoms with E-state index in [9.17, 15) is 13.2 Å². The molecule has 1 N–H and O–H groups in total. The van der Waals surface area contributed by atoms with E-state index in [1.165, 1.54) is 6.07 Å². The summed E-state index contributed by atoms with van der Waals surface area (Å²) >= 11 is 6.09. The molecule has 3 rings (SSSR count). The molecule has 0 spiro atoms. The molecule has 0 saturated carbocycles. The van der Waals surface area contributed by atoms with Crippen LogP contribution in [0.1, 0.15) is 11.1 Å². The van der Waals surface area contributed by atoms with Gasteiger partial charge in [0.1, 0.15) is 6.54 Å². The van der Waals surface area contributed by atoms with Crippen LogP contribution in [0.2, 0.25) is 5.02 Å². The molecule has 0 fully saturated rings. The van der Waals surface area contributed by atoms with E-state index in [0.717, 1.165) is 21.7 Å². The third-order valence-electron chi connectivity index (χ3n) is 4.06. The van der Waals surface area contributed by atoms with Crippen molar-refractivity contribution in [3.05, 3.63) is 52.5 Å². The molecule has 0 unspecified atom stereocenters. The van der Waals surface area contributed by atoms with E-state index in [4.69, 9.17) is 21.1 Å². The van der Waals surface area contributed by atoms with Crippen LogP contribution in [0, 0.1) is 6.92 Å². The summed E-state index contributed by atoms with van der Waals surface area (Å²) in [6.45, 7) is 1.88. The fourth-order valence-electron chi connectivity index (χ4n) is 2.57. The molecule has 0 saturated heterocycles. The van der Waals surface area contributed by atoms with Gasteiger partial charge in [-0.2, -0.15) is 0 Å². The second kappa shape index (κ2) is 7.66. The van der Waals surface area contributed by atoms with Crippen LogP contribution in [-0.4, -0.2) is 33.9 Å². The topological polar surface area (TPSA) is 84.9 Å². The van der Waals surface area contributed by atoms with E-state index in [2.05, 4.69) is 5.32 Å². The zero-order valence-electron chi connectivity index (χ0n) is 14.9. The molecule has 27 heavy (non-hydrogen) atoms. The Kier molecular flexibility index (Phi) is 5.48. The summed E-state index contributed by atoms with van der Waals surface area (Å²) in [7, 11) is -3.66. The van der Waals surface area contributed by atoms with Crippen molar-refractivity contribution in [2.45, 2.75) is 13.5 Å². The number of benzene rings is 2. The minimum atomic E-state index is -3.66. The Bertz CT molecular complexity index is 978. The number of rotatable bonds is 6. The maximum Gasteiger partial charge on any atom is 0.241 e. The van der Waals surface area contributed by atoms with Crippen LogP contribution in [0.3, 0.4) is 0 Å². The highest BCUT2D eigenvalue weighted by atomic mass is 35.5. The molecule has 7 nitrogen and oxygen atoms in total. The molecule has 2 aromatic carbocycles. The number of nitrogens with zero attached hydrogens (tertiary/aromatic N) is 1. The number of carbonyl (C=O) groups excluding carboxylic acids is 1. The van der Waals surface area contributed by atoms with Gasteiger partial charge in [-0.15, -0.1) is 0 Å². The van der Waals surface area contributed by atoms with Gasteiger partial charge >= 0.3 is 0 Å². The molecular weight excluding hydrogens is 392 g/mol. The summed E-state index contributed by atoms with van der Waals surface area (Å²) in [4.78, 5) is 12.3. The highest BCUT2D eigenvalue weighted by Gasteiger charge is 2.21. The van der Waals surface area contributed by atoms with Gasteiger partial charge in [0.2, 0.25) is 22.7 Å². The quantitative estimate of drug-likeness (QED) is 0.790. The lowest BCUT2D eigenvalue weighted by molar-refractivity contribution is -0.119. The Morgan fingerprint density at radius 3 is 2.63 bits per heavy atom. The third kappa shape index (κ3) is 4.64. The number of hydrogen-bond acceptors (Lipinski definition) is 5. The summed E-state index contributed by atoms with van der Waals surface area (Å²) in [6.07, 6.45) is 1.05. The number of fused-ring (bicyclic) bond motifs is 1. The van der Waals surface area contributed by atoms with E-state index >= 15 is 0 Å². The van der Waals surface area contributed by atoms with Crippen LogP contribution in [0.5, 0.6) is 11.5 Å². The number of hydrogen-bond donors (Lipinski definition) is 1. The van der Waals surface area contributed by atoms with Crippen molar-refractivity contribution in [3.8, 4) is 11.5 Å². The normalized spacial score (nSPS) is 12.7. The Balaban J connectivity index is 1.68.